The van der Waals surface area contributed by atoms with Crippen LogP contribution in [0.25, 0.3) is 0 Å². The third-order valence-electron chi connectivity index (χ3n) is 3.27. The van der Waals surface area contributed by atoms with Gasteiger partial charge >= 0.3 is 0 Å². The molecule has 1 fully saturated rings. The Morgan fingerprint density at radius 1 is 1.35 bits per heavy atom. The van der Waals surface area contributed by atoms with Gasteiger partial charge in [0.25, 0.3) is 0 Å². The highest BCUT2D eigenvalue weighted by Crippen LogP contribution is 2.39. The molecular weight excluding hydrogens is 266 g/mol. The van der Waals surface area contributed by atoms with E-state index in [9.17, 15) is 4.79 Å². The second-order valence-corrected chi connectivity index (χ2v) is 13.5. The number of hydrogen-bond donors (Lipinski definition) is 0. The van der Waals surface area contributed by atoms with Crippen molar-refractivity contribution in [3.05, 3.63) is 0 Å². The maximum absolute atomic E-state index is 11.9. The van der Waals surface area contributed by atoms with Gasteiger partial charge in [-0.2, -0.15) is 0 Å². The monoisotopic (exact) mass is 291 g/mol. The first-order chi connectivity index (χ1) is 7.91. The molecule has 1 unspecified atom stereocenters. The molecule has 0 spiro atoms. The summed E-state index contributed by atoms with van der Waals surface area (Å²) in [5.74, 6) is 1.66. The summed E-state index contributed by atoms with van der Waals surface area (Å²) in [6, 6.07) is 0. The minimum Gasteiger partial charge on any atom is -0.373 e. The van der Waals surface area contributed by atoms with Crippen LogP contribution in [0.2, 0.25) is 19.6 Å². The van der Waals surface area contributed by atoms with Gasteiger partial charge in [-0.25, -0.2) is 0 Å². The summed E-state index contributed by atoms with van der Waals surface area (Å²) in [4.78, 5) is 11.9. The van der Waals surface area contributed by atoms with E-state index in [0.29, 0.717) is 5.91 Å². The maximum Gasteiger partial charge on any atom is 0.214 e. The lowest BCUT2D eigenvalue weighted by atomic mass is 10.1. The van der Waals surface area contributed by atoms with Crippen LogP contribution in [-0.4, -0.2) is 36.8 Å². The predicted molar refractivity (Wildman–Crippen MR) is 83.0 cm³/mol. The van der Waals surface area contributed by atoms with Gasteiger partial charge in [-0.05, 0) is 19.3 Å². The van der Waals surface area contributed by atoms with Crippen LogP contribution in [-0.2, 0) is 4.79 Å². The molecule has 0 aromatic rings. The third kappa shape index (κ3) is 5.70. The molecule has 17 heavy (non-hydrogen) atoms. The van der Waals surface area contributed by atoms with Crippen molar-refractivity contribution in [2.45, 2.75) is 57.0 Å². The summed E-state index contributed by atoms with van der Waals surface area (Å²) in [6.07, 6.45) is 5.67. The number of unbranched alkanes of at least 4 members (excludes halogenated alkanes) is 1. The standard InChI is InChI=1S/C12H25NOS2Si/c1-13(17(2,3)4)12(14)8-6-5-7-11-9-10-15-16-11/h11H,5-10H2,1-4H3. The molecule has 0 saturated carbocycles. The molecule has 1 aliphatic heterocycles. The van der Waals surface area contributed by atoms with E-state index in [4.69, 9.17) is 0 Å². The zero-order valence-electron chi connectivity index (χ0n) is 11.5. The largest absolute Gasteiger partial charge is 0.373 e. The summed E-state index contributed by atoms with van der Waals surface area (Å²) < 4.78 is 2.01. The van der Waals surface area contributed by atoms with E-state index in [1.807, 2.05) is 33.2 Å². The number of carbonyl (C=O) groups excluding carboxylic acids is 1. The normalized spacial score (nSPS) is 20.6. The van der Waals surface area contributed by atoms with Crippen molar-refractivity contribution < 1.29 is 4.79 Å². The molecule has 1 saturated heterocycles. The number of amides is 1. The van der Waals surface area contributed by atoms with Crippen molar-refractivity contribution in [3.63, 3.8) is 0 Å². The van der Waals surface area contributed by atoms with E-state index >= 15 is 0 Å². The Balaban J connectivity index is 2.11. The fourth-order valence-electron chi connectivity index (χ4n) is 1.75. The molecule has 0 N–H and O–H groups in total. The average Bonchev–Trinajstić information content (AvgIpc) is 2.74. The highest BCUT2D eigenvalue weighted by molar-refractivity contribution is 8.77. The molecule has 1 amide bonds. The van der Waals surface area contributed by atoms with Crippen molar-refractivity contribution in [3.8, 4) is 0 Å². The van der Waals surface area contributed by atoms with Crippen LogP contribution in [0.4, 0.5) is 0 Å². The van der Waals surface area contributed by atoms with Crippen LogP contribution in [0.3, 0.4) is 0 Å². The summed E-state index contributed by atoms with van der Waals surface area (Å²) in [6.45, 7) is 6.66. The van der Waals surface area contributed by atoms with Crippen molar-refractivity contribution >= 4 is 35.7 Å². The molecule has 0 aromatic heterocycles. The molecule has 5 heteroatoms. The zero-order valence-corrected chi connectivity index (χ0v) is 14.1. The Morgan fingerprint density at radius 2 is 2.06 bits per heavy atom. The summed E-state index contributed by atoms with van der Waals surface area (Å²) in [7, 11) is 4.58. The van der Waals surface area contributed by atoms with Gasteiger partial charge in [0, 0.05) is 24.5 Å². The Bertz CT molecular complexity index is 249. The molecule has 0 aromatic carbocycles. The number of rotatable bonds is 6. The van der Waals surface area contributed by atoms with Gasteiger partial charge in [-0.3, -0.25) is 4.79 Å². The second-order valence-electron chi connectivity index (χ2n) is 5.70. The quantitative estimate of drug-likeness (QED) is 0.419. The Hall–Kier alpha value is 0.387. The Labute approximate surface area is 115 Å². The van der Waals surface area contributed by atoms with Crippen LogP contribution < -0.4 is 0 Å². The Kier molecular flexibility index (Phi) is 6.44. The fourth-order valence-corrected chi connectivity index (χ4v) is 5.64. The molecule has 0 radical (unpaired) electrons. The maximum atomic E-state index is 11.9. The zero-order chi connectivity index (χ0) is 12.9. The minimum atomic E-state index is -1.43. The first-order valence-corrected chi connectivity index (χ1v) is 12.3. The van der Waals surface area contributed by atoms with Gasteiger partial charge in [-0.15, -0.1) is 0 Å². The molecule has 100 valence electrons. The van der Waals surface area contributed by atoms with Crippen LogP contribution >= 0.6 is 21.6 Å². The predicted octanol–water partition coefficient (Wildman–Crippen LogP) is 3.99. The van der Waals surface area contributed by atoms with Gasteiger partial charge in [0.1, 0.15) is 0 Å². The van der Waals surface area contributed by atoms with Crippen molar-refractivity contribution in [2.24, 2.45) is 0 Å². The van der Waals surface area contributed by atoms with E-state index in [-0.39, 0.29) is 0 Å². The summed E-state index contributed by atoms with van der Waals surface area (Å²) in [5, 5.41) is 0.852. The van der Waals surface area contributed by atoms with Gasteiger partial charge in [0.15, 0.2) is 8.24 Å². The lowest BCUT2D eigenvalue weighted by molar-refractivity contribution is -0.126. The number of nitrogens with zero attached hydrogens (tertiary/aromatic N) is 1. The minimum absolute atomic E-state index is 0.345. The molecule has 2 nitrogen and oxygen atoms in total. The van der Waals surface area contributed by atoms with Gasteiger partial charge < -0.3 is 4.57 Å². The molecular formula is C12H25NOS2Si. The highest BCUT2D eigenvalue weighted by Gasteiger charge is 2.24. The van der Waals surface area contributed by atoms with E-state index < -0.39 is 8.24 Å². The highest BCUT2D eigenvalue weighted by atomic mass is 33.1. The first kappa shape index (κ1) is 15.4. The van der Waals surface area contributed by atoms with E-state index in [0.717, 1.165) is 18.1 Å². The molecule has 1 atom stereocenters. The molecule has 1 heterocycles. The smallest absolute Gasteiger partial charge is 0.214 e. The molecule has 1 aliphatic rings. The lowest BCUT2D eigenvalue weighted by Crippen LogP contribution is -2.46. The van der Waals surface area contributed by atoms with Crippen LogP contribution in [0.15, 0.2) is 0 Å². The van der Waals surface area contributed by atoms with Gasteiger partial charge in [-0.1, -0.05) is 47.6 Å². The van der Waals surface area contributed by atoms with Crippen molar-refractivity contribution in [1.82, 2.24) is 4.57 Å². The van der Waals surface area contributed by atoms with E-state index in [1.165, 1.54) is 25.0 Å². The first-order valence-electron chi connectivity index (χ1n) is 6.46. The van der Waals surface area contributed by atoms with Crippen LogP contribution in [0, 0.1) is 0 Å². The topological polar surface area (TPSA) is 20.3 Å². The fraction of sp³-hybridized carbons (Fsp3) is 0.917. The molecule has 1 rings (SSSR count). The van der Waals surface area contributed by atoms with Gasteiger partial charge in [0.2, 0.25) is 5.91 Å². The third-order valence-corrected chi connectivity index (χ3v) is 8.54. The van der Waals surface area contributed by atoms with E-state index in [2.05, 4.69) is 19.6 Å². The van der Waals surface area contributed by atoms with Gasteiger partial charge in [0.05, 0.1) is 0 Å². The molecule has 0 aliphatic carbocycles. The van der Waals surface area contributed by atoms with Crippen molar-refractivity contribution in [2.75, 3.05) is 12.8 Å². The number of carbonyl (C=O) groups is 1. The number of hydrogen-bond acceptors (Lipinski definition) is 3. The van der Waals surface area contributed by atoms with E-state index in [1.54, 1.807) is 0 Å². The Morgan fingerprint density at radius 3 is 2.59 bits per heavy atom. The average molecular weight is 292 g/mol. The van der Waals surface area contributed by atoms with Crippen molar-refractivity contribution in [1.29, 1.82) is 0 Å². The summed E-state index contributed by atoms with van der Waals surface area (Å²) >= 11 is 0. The van der Waals surface area contributed by atoms with Crippen LogP contribution in [0.5, 0.6) is 0 Å². The molecule has 0 bridgehead atoms. The SMILES string of the molecule is CN(C(=O)CCCCC1CCSS1)[Si](C)(C)C. The lowest BCUT2D eigenvalue weighted by Gasteiger charge is -2.30. The summed E-state index contributed by atoms with van der Waals surface area (Å²) in [5.41, 5.74) is 0. The second kappa shape index (κ2) is 7.09. The van der Waals surface area contributed by atoms with Crippen LogP contribution in [0.1, 0.15) is 32.1 Å².